The van der Waals surface area contributed by atoms with Crippen LogP contribution in [0.2, 0.25) is 0 Å². The highest BCUT2D eigenvalue weighted by Crippen LogP contribution is 2.07. The molecule has 0 aliphatic carbocycles. The number of rotatable bonds is 7. The van der Waals surface area contributed by atoms with Crippen molar-refractivity contribution in [2.75, 3.05) is 19.6 Å². The summed E-state index contributed by atoms with van der Waals surface area (Å²) in [5, 5.41) is 6.35. The molecule has 0 unspecified atom stereocenters. The second kappa shape index (κ2) is 7.30. The summed E-state index contributed by atoms with van der Waals surface area (Å²) in [5.41, 5.74) is 0.640. The minimum absolute atomic E-state index is 0.501. The molecule has 2 N–H and O–H groups in total. The van der Waals surface area contributed by atoms with E-state index in [1.54, 1.807) is 0 Å². The van der Waals surface area contributed by atoms with Crippen LogP contribution in [-0.2, 0) is 6.54 Å². The van der Waals surface area contributed by atoms with Crippen LogP contribution in [0.25, 0.3) is 0 Å². The lowest BCUT2D eigenvalue weighted by atomic mass is 10.2. The summed E-state index contributed by atoms with van der Waals surface area (Å²) in [7, 11) is 0. The molecular weight excluding hydrogens is 210 g/mol. The lowest BCUT2D eigenvalue weighted by Crippen LogP contribution is -2.21. The maximum atomic E-state index is 12.8. The predicted molar refractivity (Wildman–Crippen MR) is 61.2 cm³/mol. The Morgan fingerprint density at radius 1 is 1.00 bits per heavy atom. The number of halogens is 2. The van der Waals surface area contributed by atoms with Gasteiger partial charge in [-0.05, 0) is 43.8 Å². The van der Waals surface area contributed by atoms with Crippen molar-refractivity contribution in [2.45, 2.75) is 19.9 Å². The van der Waals surface area contributed by atoms with E-state index in [0.717, 1.165) is 32.1 Å². The molecule has 2 nitrogen and oxygen atoms in total. The van der Waals surface area contributed by atoms with Crippen LogP contribution in [0.15, 0.2) is 18.2 Å². The van der Waals surface area contributed by atoms with E-state index in [0.29, 0.717) is 12.1 Å². The third kappa shape index (κ3) is 5.19. The summed E-state index contributed by atoms with van der Waals surface area (Å²) < 4.78 is 25.7. The van der Waals surface area contributed by atoms with Gasteiger partial charge in [-0.1, -0.05) is 6.92 Å². The smallest absolute Gasteiger partial charge is 0.126 e. The van der Waals surface area contributed by atoms with Crippen molar-refractivity contribution in [3.05, 3.63) is 35.4 Å². The van der Waals surface area contributed by atoms with Gasteiger partial charge < -0.3 is 10.6 Å². The number of nitrogens with one attached hydrogen (secondary N) is 2. The summed E-state index contributed by atoms with van der Waals surface area (Å²) in [6, 6.07) is 3.58. The Kier molecular flexibility index (Phi) is 5.96. The van der Waals surface area contributed by atoms with Crippen LogP contribution in [0, 0.1) is 11.6 Å². The van der Waals surface area contributed by atoms with E-state index in [-0.39, 0.29) is 0 Å². The fourth-order valence-corrected chi connectivity index (χ4v) is 1.46. The summed E-state index contributed by atoms with van der Waals surface area (Å²) >= 11 is 0. The number of benzene rings is 1. The van der Waals surface area contributed by atoms with Gasteiger partial charge >= 0.3 is 0 Å². The van der Waals surface area contributed by atoms with Gasteiger partial charge in [0.05, 0.1) is 0 Å². The van der Waals surface area contributed by atoms with Crippen LogP contribution in [0.4, 0.5) is 8.78 Å². The molecule has 1 rings (SSSR count). The molecule has 0 aliphatic rings. The zero-order valence-electron chi connectivity index (χ0n) is 9.52. The molecule has 90 valence electrons. The van der Waals surface area contributed by atoms with Crippen LogP contribution in [-0.4, -0.2) is 19.6 Å². The van der Waals surface area contributed by atoms with Gasteiger partial charge in [0, 0.05) is 12.6 Å². The van der Waals surface area contributed by atoms with Crippen LogP contribution in [0.1, 0.15) is 18.9 Å². The molecular formula is C12H18F2N2. The van der Waals surface area contributed by atoms with E-state index < -0.39 is 11.6 Å². The molecule has 0 heterocycles. The average molecular weight is 228 g/mol. The van der Waals surface area contributed by atoms with Crippen molar-refractivity contribution in [1.29, 1.82) is 0 Å². The van der Waals surface area contributed by atoms with Crippen molar-refractivity contribution in [3.63, 3.8) is 0 Å². The first kappa shape index (κ1) is 13.1. The maximum absolute atomic E-state index is 12.8. The molecule has 0 fully saturated rings. The average Bonchev–Trinajstić information content (AvgIpc) is 2.22. The highest BCUT2D eigenvalue weighted by molar-refractivity contribution is 5.17. The third-order valence-corrected chi connectivity index (χ3v) is 2.21. The van der Waals surface area contributed by atoms with E-state index >= 15 is 0 Å². The molecule has 16 heavy (non-hydrogen) atoms. The van der Waals surface area contributed by atoms with Crippen molar-refractivity contribution in [2.24, 2.45) is 0 Å². The molecule has 0 radical (unpaired) electrons. The molecule has 1 aromatic carbocycles. The van der Waals surface area contributed by atoms with Crippen LogP contribution < -0.4 is 10.6 Å². The van der Waals surface area contributed by atoms with Gasteiger partial charge in [-0.3, -0.25) is 0 Å². The number of hydrogen-bond acceptors (Lipinski definition) is 2. The Morgan fingerprint density at radius 2 is 1.62 bits per heavy atom. The Labute approximate surface area is 95.1 Å². The van der Waals surface area contributed by atoms with Gasteiger partial charge in [-0.15, -0.1) is 0 Å². The molecule has 0 saturated carbocycles. The molecule has 0 spiro atoms. The monoisotopic (exact) mass is 228 g/mol. The lowest BCUT2D eigenvalue weighted by molar-refractivity contribution is 0.570. The standard InChI is InChI=1S/C12H18F2N2/c1-2-15-4-3-5-16-9-10-6-11(13)8-12(14)7-10/h6-8,15-16H,2-5,9H2,1H3. The summed E-state index contributed by atoms with van der Waals surface area (Å²) in [5.74, 6) is -1.05. The molecule has 0 aliphatic heterocycles. The molecule has 0 bridgehead atoms. The Hall–Kier alpha value is -1.00. The first-order chi connectivity index (χ1) is 7.72. The van der Waals surface area contributed by atoms with Crippen molar-refractivity contribution >= 4 is 0 Å². The lowest BCUT2D eigenvalue weighted by Gasteiger charge is -2.05. The molecule has 0 aromatic heterocycles. The van der Waals surface area contributed by atoms with Crippen molar-refractivity contribution < 1.29 is 8.78 Å². The fourth-order valence-electron chi connectivity index (χ4n) is 1.46. The van der Waals surface area contributed by atoms with Gasteiger partial charge in [-0.2, -0.15) is 0 Å². The zero-order valence-corrected chi connectivity index (χ0v) is 9.52. The molecule has 1 aromatic rings. The molecule has 0 atom stereocenters. The molecule has 0 amide bonds. The van der Waals surface area contributed by atoms with Crippen LogP contribution in [0.5, 0.6) is 0 Å². The van der Waals surface area contributed by atoms with E-state index in [9.17, 15) is 8.78 Å². The highest BCUT2D eigenvalue weighted by Gasteiger charge is 1.99. The molecule has 4 heteroatoms. The summed E-state index contributed by atoms with van der Waals surface area (Å²) in [6.45, 7) is 5.32. The largest absolute Gasteiger partial charge is 0.317 e. The summed E-state index contributed by atoms with van der Waals surface area (Å²) in [4.78, 5) is 0. The maximum Gasteiger partial charge on any atom is 0.126 e. The second-order valence-corrected chi connectivity index (χ2v) is 3.66. The van der Waals surface area contributed by atoms with Crippen molar-refractivity contribution in [3.8, 4) is 0 Å². The van der Waals surface area contributed by atoms with E-state index in [2.05, 4.69) is 17.6 Å². The quantitative estimate of drug-likeness (QED) is 0.698. The van der Waals surface area contributed by atoms with E-state index in [1.165, 1.54) is 12.1 Å². The van der Waals surface area contributed by atoms with Gasteiger partial charge in [0.2, 0.25) is 0 Å². The van der Waals surface area contributed by atoms with Crippen LogP contribution in [0.3, 0.4) is 0 Å². The first-order valence-electron chi connectivity index (χ1n) is 5.58. The van der Waals surface area contributed by atoms with Gasteiger partial charge in [-0.25, -0.2) is 8.78 Å². The fraction of sp³-hybridized carbons (Fsp3) is 0.500. The summed E-state index contributed by atoms with van der Waals surface area (Å²) in [6.07, 6.45) is 1.01. The Morgan fingerprint density at radius 3 is 2.25 bits per heavy atom. The number of hydrogen-bond donors (Lipinski definition) is 2. The normalized spacial score (nSPS) is 10.7. The first-order valence-corrected chi connectivity index (χ1v) is 5.58. The molecule has 0 saturated heterocycles. The highest BCUT2D eigenvalue weighted by atomic mass is 19.1. The van der Waals surface area contributed by atoms with E-state index in [4.69, 9.17) is 0 Å². The van der Waals surface area contributed by atoms with Crippen LogP contribution >= 0.6 is 0 Å². The SMILES string of the molecule is CCNCCCNCc1cc(F)cc(F)c1. The zero-order chi connectivity index (χ0) is 11.8. The Bertz CT molecular complexity index is 296. The van der Waals surface area contributed by atoms with E-state index in [1.807, 2.05) is 0 Å². The van der Waals surface area contributed by atoms with Crippen molar-refractivity contribution in [1.82, 2.24) is 10.6 Å². The third-order valence-electron chi connectivity index (χ3n) is 2.21. The van der Waals surface area contributed by atoms with Gasteiger partial charge in [0.15, 0.2) is 0 Å². The van der Waals surface area contributed by atoms with Gasteiger partial charge in [0.25, 0.3) is 0 Å². The minimum Gasteiger partial charge on any atom is -0.317 e. The Balaban J connectivity index is 2.21. The topological polar surface area (TPSA) is 24.1 Å². The second-order valence-electron chi connectivity index (χ2n) is 3.66. The minimum atomic E-state index is -0.524. The predicted octanol–water partition coefficient (Wildman–Crippen LogP) is 2.05. The van der Waals surface area contributed by atoms with Gasteiger partial charge in [0.1, 0.15) is 11.6 Å².